The molecule has 0 aliphatic carbocycles. The molecule has 0 heterocycles. The standard InChI is InChI=1S/C20H20Cl2O5/c1-10(2)13-5-11(3-4-18(13)23)6-15-16(21)7-12(8-17(15)22)14(20(26)27)9-19(24)25/h3-5,7-8,10,14,23H,6,9H2,1-2H3,(H,24,25)(H,26,27). The lowest BCUT2D eigenvalue weighted by atomic mass is 9.92. The lowest BCUT2D eigenvalue weighted by Crippen LogP contribution is -2.16. The maximum Gasteiger partial charge on any atom is 0.311 e. The minimum Gasteiger partial charge on any atom is -0.508 e. The molecule has 1 atom stereocenters. The number of halogens is 2. The Balaban J connectivity index is 2.39. The Bertz CT molecular complexity index is 854. The molecule has 3 N–H and O–H groups in total. The van der Waals surface area contributed by atoms with E-state index in [1.165, 1.54) is 12.1 Å². The zero-order chi connectivity index (χ0) is 20.3. The summed E-state index contributed by atoms with van der Waals surface area (Å²) in [6, 6.07) is 8.17. The molecule has 0 amide bonds. The van der Waals surface area contributed by atoms with Gasteiger partial charge < -0.3 is 15.3 Å². The van der Waals surface area contributed by atoms with Crippen LogP contribution < -0.4 is 0 Å². The lowest BCUT2D eigenvalue weighted by Gasteiger charge is -2.15. The van der Waals surface area contributed by atoms with Gasteiger partial charge >= 0.3 is 11.9 Å². The van der Waals surface area contributed by atoms with Crippen LogP contribution in [0.2, 0.25) is 10.0 Å². The summed E-state index contributed by atoms with van der Waals surface area (Å²) in [5, 5.41) is 28.7. The average Bonchev–Trinajstić information content (AvgIpc) is 2.56. The van der Waals surface area contributed by atoms with Gasteiger partial charge in [-0.15, -0.1) is 0 Å². The summed E-state index contributed by atoms with van der Waals surface area (Å²) >= 11 is 12.7. The van der Waals surface area contributed by atoms with Crippen LogP contribution in [0.4, 0.5) is 0 Å². The maximum absolute atomic E-state index is 11.4. The number of aromatic hydroxyl groups is 1. The smallest absolute Gasteiger partial charge is 0.311 e. The first-order valence-corrected chi connectivity index (χ1v) is 9.10. The Morgan fingerprint density at radius 3 is 2.11 bits per heavy atom. The summed E-state index contributed by atoms with van der Waals surface area (Å²) in [5.74, 6) is -3.33. The molecule has 27 heavy (non-hydrogen) atoms. The van der Waals surface area contributed by atoms with Crippen molar-refractivity contribution in [1.29, 1.82) is 0 Å². The number of benzene rings is 2. The predicted octanol–water partition coefficient (Wildman–Crippen LogP) is 5.06. The van der Waals surface area contributed by atoms with Gasteiger partial charge in [0.2, 0.25) is 0 Å². The first-order valence-electron chi connectivity index (χ1n) is 8.34. The van der Waals surface area contributed by atoms with Crippen molar-refractivity contribution in [3.8, 4) is 5.75 Å². The number of phenolic OH excluding ortho intramolecular Hbond substituents is 1. The Hall–Kier alpha value is -2.24. The number of carbonyl (C=O) groups is 2. The molecule has 0 radical (unpaired) electrons. The SMILES string of the molecule is CC(C)c1cc(Cc2c(Cl)cc(C(CC(=O)O)C(=O)O)cc2Cl)ccc1O. The van der Waals surface area contributed by atoms with Crippen LogP contribution in [0.5, 0.6) is 5.75 Å². The van der Waals surface area contributed by atoms with Crippen molar-refractivity contribution in [2.75, 3.05) is 0 Å². The highest BCUT2D eigenvalue weighted by Gasteiger charge is 2.25. The predicted molar refractivity (Wildman–Crippen MR) is 104 cm³/mol. The van der Waals surface area contributed by atoms with E-state index in [0.717, 1.165) is 11.1 Å². The molecule has 144 valence electrons. The van der Waals surface area contributed by atoms with E-state index in [-0.39, 0.29) is 27.3 Å². The topological polar surface area (TPSA) is 94.8 Å². The van der Waals surface area contributed by atoms with E-state index in [1.807, 2.05) is 19.9 Å². The van der Waals surface area contributed by atoms with Crippen LogP contribution in [-0.4, -0.2) is 27.3 Å². The zero-order valence-corrected chi connectivity index (χ0v) is 16.4. The average molecular weight is 411 g/mol. The van der Waals surface area contributed by atoms with Gasteiger partial charge in [0.1, 0.15) is 5.75 Å². The van der Waals surface area contributed by atoms with Crippen LogP contribution in [0.1, 0.15) is 54.4 Å². The molecular weight excluding hydrogens is 391 g/mol. The van der Waals surface area contributed by atoms with Crippen molar-refractivity contribution in [2.45, 2.75) is 38.5 Å². The minimum absolute atomic E-state index is 0.144. The number of carboxylic acid groups (broad SMARTS) is 2. The van der Waals surface area contributed by atoms with Gasteiger partial charge in [-0.25, -0.2) is 0 Å². The molecule has 0 aliphatic heterocycles. The molecule has 0 aliphatic rings. The molecule has 0 fully saturated rings. The summed E-state index contributed by atoms with van der Waals surface area (Å²) in [7, 11) is 0. The molecule has 7 heteroatoms. The van der Waals surface area contributed by atoms with Gasteiger partial charge in [-0.1, -0.05) is 49.2 Å². The van der Waals surface area contributed by atoms with E-state index in [2.05, 4.69) is 0 Å². The summed E-state index contributed by atoms with van der Waals surface area (Å²) in [6.45, 7) is 3.95. The monoisotopic (exact) mass is 410 g/mol. The second-order valence-corrected chi connectivity index (χ2v) is 7.49. The number of hydrogen-bond acceptors (Lipinski definition) is 3. The second-order valence-electron chi connectivity index (χ2n) is 6.68. The normalized spacial score (nSPS) is 12.2. The van der Waals surface area contributed by atoms with Crippen LogP contribution in [-0.2, 0) is 16.0 Å². The lowest BCUT2D eigenvalue weighted by molar-refractivity contribution is -0.145. The first-order chi connectivity index (χ1) is 12.6. The third-order valence-electron chi connectivity index (χ3n) is 4.34. The van der Waals surface area contributed by atoms with Crippen molar-refractivity contribution >= 4 is 35.1 Å². The van der Waals surface area contributed by atoms with Gasteiger partial charge in [0, 0.05) is 16.5 Å². The Labute approximate surface area is 167 Å². The zero-order valence-electron chi connectivity index (χ0n) is 14.9. The van der Waals surface area contributed by atoms with Gasteiger partial charge in [-0.05, 0) is 46.4 Å². The summed E-state index contributed by atoms with van der Waals surface area (Å²) < 4.78 is 0. The van der Waals surface area contributed by atoms with Crippen molar-refractivity contribution in [1.82, 2.24) is 0 Å². The number of phenols is 1. The molecule has 0 saturated heterocycles. The molecule has 2 rings (SSSR count). The summed E-state index contributed by atoms with van der Waals surface area (Å²) in [6.07, 6.45) is -0.161. The molecule has 2 aromatic carbocycles. The Morgan fingerprint density at radius 1 is 1.04 bits per heavy atom. The van der Waals surface area contributed by atoms with Crippen LogP contribution in [0.3, 0.4) is 0 Å². The molecule has 5 nitrogen and oxygen atoms in total. The summed E-state index contributed by atoms with van der Waals surface area (Å²) in [4.78, 5) is 22.3. The Kier molecular flexibility index (Phi) is 6.73. The van der Waals surface area contributed by atoms with E-state index in [9.17, 15) is 19.8 Å². The molecule has 1 unspecified atom stereocenters. The van der Waals surface area contributed by atoms with E-state index < -0.39 is 24.3 Å². The third kappa shape index (κ3) is 5.15. The third-order valence-corrected chi connectivity index (χ3v) is 5.01. The highest BCUT2D eigenvalue weighted by molar-refractivity contribution is 6.36. The number of hydrogen-bond donors (Lipinski definition) is 3. The van der Waals surface area contributed by atoms with Crippen molar-refractivity contribution in [3.05, 3.63) is 62.6 Å². The summed E-state index contributed by atoms with van der Waals surface area (Å²) in [5.41, 5.74) is 2.57. The first kappa shape index (κ1) is 21.1. The van der Waals surface area contributed by atoms with E-state index >= 15 is 0 Å². The van der Waals surface area contributed by atoms with Gasteiger partial charge in [0.25, 0.3) is 0 Å². The fourth-order valence-corrected chi connectivity index (χ4v) is 3.53. The van der Waals surface area contributed by atoms with Crippen LogP contribution in [0, 0.1) is 0 Å². The van der Waals surface area contributed by atoms with E-state index in [0.29, 0.717) is 12.0 Å². The molecule has 2 aromatic rings. The quantitative estimate of drug-likeness (QED) is 0.592. The highest BCUT2D eigenvalue weighted by atomic mass is 35.5. The minimum atomic E-state index is -1.25. The fraction of sp³-hybridized carbons (Fsp3) is 0.300. The van der Waals surface area contributed by atoms with Gasteiger partial charge in [-0.2, -0.15) is 0 Å². The molecule has 0 bridgehead atoms. The second kappa shape index (κ2) is 8.63. The number of rotatable bonds is 7. The van der Waals surface area contributed by atoms with Crippen LogP contribution in [0.15, 0.2) is 30.3 Å². The van der Waals surface area contributed by atoms with Crippen LogP contribution >= 0.6 is 23.2 Å². The van der Waals surface area contributed by atoms with Crippen molar-refractivity contribution in [2.24, 2.45) is 0 Å². The number of aliphatic carboxylic acids is 2. The molecule has 0 spiro atoms. The Morgan fingerprint density at radius 2 is 1.63 bits per heavy atom. The van der Waals surface area contributed by atoms with Gasteiger partial charge in [0.05, 0.1) is 12.3 Å². The van der Waals surface area contributed by atoms with Gasteiger partial charge in [-0.3, -0.25) is 9.59 Å². The molecule has 0 aromatic heterocycles. The fourth-order valence-electron chi connectivity index (χ4n) is 2.90. The molecule has 0 saturated carbocycles. The van der Waals surface area contributed by atoms with E-state index in [4.69, 9.17) is 28.3 Å². The van der Waals surface area contributed by atoms with E-state index in [1.54, 1.807) is 12.1 Å². The van der Waals surface area contributed by atoms with Crippen molar-refractivity contribution < 1.29 is 24.9 Å². The molecular formula is C20H20Cl2O5. The van der Waals surface area contributed by atoms with Gasteiger partial charge in [0.15, 0.2) is 0 Å². The number of carboxylic acids is 2. The van der Waals surface area contributed by atoms with Crippen molar-refractivity contribution in [3.63, 3.8) is 0 Å². The van der Waals surface area contributed by atoms with Crippen LogP contribution in [0.25, 0.3) is 0 Å². The largest absolute Gasteiger partial charge is 0.508 e. The maximum atomic E-state index is 11.4. The highest BCUT2D eigenvalue weighted by Crippen LogP contribution is 2.34.